The molecule has 1 aromatic heterocycles. The van der Waals surface area contributed by atoms with Crippen molar-refractivity contribution in [2.24, 2.45) is 0 Å². The van der Waals surface area contributed by atoms with Crippen molar-refractivity contribution in [1.82, 2.24) is 9.88 Å². The summed E-state index contributed by atoms with van der Waals surface area (Å²) in [6.07, 6.45) is 1.54. The fourth-order valence-electron chi connectivity index (χ4n) is 0.694. The van der Waals surface area contributed by atoms with Crippen LogP contribution in [-0.2, 0) is 0 Å². The normalized spacial score (nSPS) is 9.46. The Morgan fingerprint density at radius 3 is 2.85 bits per heavy atom. The van der Waals surface area contributed by atoms with E-state index in [-0.39, 0.29) is 6.03 Å². The van der Waals surface area contributed by atoms with E-state index >= 15 is 0 Å². The van der Waals surface area contributed by atoms with E-state index in [0.717, 1.165) is 0 Å². The number of aromatic nitrogens is 1. The van der Waals surface area contributed by atoms with Gasteiger partial charge in [0.1, 0.15) is 5.82 Å². The number of nitrogens with zero attached hydrogens (tertiary/aromatic N) is 2. The van der Waals surface area contributed by atoms with Crippen LogP contribution in [0.1, 0.15) is 0 Å². The molecule has 0 saturated heterocycles. The van der Waals surface area contributed by atoms with E-state index in [1.807, 2.05) is 0 Å². The number of carbonyl (C=O) groups is 1. The van der Waals surface area contributed by atoms with E-state index in [9.17, 15) is 4.79 Å². The lowest BCUT2D eigenvalue weighted by Gasteiger charge is -2.10. The molecule has 70 valence electrons. The maximum atomic E-state index is 11.2. The Balaban J connectivity index is 2.69. The van der Waals surface area contributed by atoms with Crippen molar-refractivity contribution in [3.05, 3.63) is 23.4 Å². The first kappa shape index (κ1) is 9.80. The maximum Gasteiger partial charge on any atom is 0.322 e. The summed E-state index contributed by atoms with van der Waals surface area (Å²) >= 11 is 5.70. The number of urea groups is 1. The van der Waals surface area contributed by atoms with Crippen LogP contribution in [0.25, 0.3) is 0 Å². The molecule has 4 nitrogen and oxygen atoms in total. The summed E-state index contributed by atoms with van der Waals surface area (Å²) in [5, 5.41) is 3.12. The Hall–Kier alpha value is -1.29. The largest absolute Gasteiger partial charge is 0.331 e. The van der Waals surface area contributed by atoms with Gasteiger partial charge in [0.25, 0.3) is 0 Å². The Bertz CT molecular complexity index is 314. The summed E-state index contributed by atoms with van der Waals surface area (Å²) in [5.41, 5.74) is 0. The zero-order valence-corrected chi connectivity index (χ0v) is 8.17. The molecule has 0 aliphatic carbocycles. The fraction of sp³-hybridized carbons (Fsp3) is 0.250. The standard InChI is InChI=1S/C8H10ClN3O/c1-12(2)8(13)11-7-5-6(9)3-4-10-7/h3-5H,1-2H3,(H,10,11,13). The third kappa shape index (κ3) is 2.91. The zero-order chi connectivity index (χ0) is 9.84. The van der Waals surface area contributed by atoms with Gasteiger partial charge < -0.3 is 4.90 Å². The van der Waals surface area contributed by atoms with Gasteiger partial charge in [-0.25, -0.2) is 9.78 Å². The lowest BCUT2D eigenvalue weighted by molar-refractivity contribution is 0.230. The summed E-state index contributed by atoms with van der Waals surface area (Å²) in [7, 11) is 3.31. The van der Waals surface area contributed by atoms with Gasteiger partial charge in [-0.05, 0) is 12.1 Å². The van der Waals surface area contributed by atoms with E-state index in [0.29, 0.717) is 10.8 Å². The summed E-state index contributed by atoms with van der Waals surface area (Å²) < 4.78 is 0. The summed E-state index contributed by atoms with van der Waals surface area (Å²) in [6.45, 7) is 0. The van der Waals surface area contributed by atoms with Crippen LogP contribution in [0, 0.1) is 0 Å². The molecule has 0 fully saturated rings. The molecule has 1 heterocycles. The monoisotopic (exact) mass is 199 g/mol. The van der Waals surface area contributed by atoms with Crippen LogP contribution in [0.3, 0.4) is 0 Å². The molecule has 0 aliphatic rings. The van der Waals surface area contributed by atoms with Gasteiger partial charge in [0.15, 0.2) is 0 Å². The minimum absolute atomic E-state index is 0.227. The Kier molecular flexibility index (Phi) is 3.08. The number of carbonyl (C=O) groups excluding carboxylic acids is 1. The predicted molar refractivity (Wildman–Crippen MR) is 52.0 cm³/mol. The molecule has 0 bridgehead atoms. The number of hydrogen-bond donors (Lipinski definition) is 1. The minimum atomic E-state index is -0.227. The van der Waals surface area contributed by atoms with E-state index in [4.69, 9.17) is 11.6 Å². The number of rotatable bonds is 1. The van der Waals surface area contributed by atoms with Gasteiger partial charge in [0, 0.05) is 25.3 Å². The van der Waals surface area contributed by atoms with Crippen molar-refractivity contribution in [2.75, 3.05) is 19.4 Å². The summed E-state index contributed by atoms with van der Waals surface area (Å²) in [4.78, 5) is 16.5. The number of nitrogens with one attached hydrogen (secondary N) is 1. The minimum Gasteiger partial charge on any atom is -0.331 e. The van der Waals surface area contributed by atoms with Crippen molar-refractivity contribution in [1.29, 1.82) is 0 Å². The summed E-state index contributed by atoms with van der Waals surface area (Å²) in [6, 6.07) is 3.00. The molecule has 0 atom stereocenters. The molecule has 0 radical (unpaired) electrons. The van der Waals surface area contributed by atoms with Crippen molar-refractivity contribution >= 4 is 23.4 Å². The Labute approximate surface area is 81.5 Å². The van der Waals surface area contributed by atoms with E-state index in [1.54, 1.807) is 26.2 Å². The van der Waals surface area contributed by atoms with Gasteiger partial charge in [0.05, 0.1) is 0 Å². The molecule has 1 N–H and O–H groups in total. The highest BCUT2D eigenvalue weighted by atomic mass is 35.5. The second-order valence-electron chi connectivity index (χ2n) is 2.68. The Morgan fingerprint density at radius 1 is 1.62 bits per heavy atom. The van der Waals surface area contributed by atoms with Gasteiger partial charge in [-0.3, -0.25) is 5.32 Å². The highest BCUT2D eigenvalue weighted by Crippen LogP contribution is 2.11. The fourth-order valence-corrected chi connectivity index (χ4v) is 0.854. The molecule has 0 saturated carbocycles. The number of anilines is 1. The number of pyridine rings is 1. The number of halogens is 1. The second kappa shape index (κ2) is 4.09. The van der Waals surface area contributed by atoms with E-state index in [2.05, 4.69) is 10.3 Å². The van der Waals surface area contributed by atoms with Gasteiger partial charge in [-0.15, -0.1) is 0 Å². The molecule has 5 heteroatoms. The Morgan fingerprint density at radius 2 is 2.31 bits per heavy atom. The molecule has 0 spiro atoms. The maximum absolute atomic E-state index is 11.2. The first-order valence-corrected chi connectivity index (χ1v) is 4.07. The van der Waals surface area contributed by atoms with Crippen LogP contribution in [-0.4, -0.2) is 30.0 Å². The first-order chi connectivity index (χ1) is 6.09. The topological polar surface area (TPSA) is 45.2 Å². The van der Waals surface area contributed by atoms with Crippen molar-refractivity contribution in [3.63, 3.8) is 0 Å². The van der Waals surface area contributed by atoms with Gasteiger partial charge >= 0.3 is 6.03 Å². The van der Waals surface area contributed by atoms with Crippen LogP contribution in [0.5, 0.6) is 0 Å². The smallest absolute Gasteiger partial charge is 0.322 e. The highest BCUT2D eigenvalue weighted by Gasteiger charge is 2.04. The van der Waals surface area contributed by atoms with Crippen LogP contribution < -0.4 is 5.32 Å². The van der Waals surface area contributed by atoms with Crippen LogP contribution in [0.15, 0.2) is 18.3 Å². The molecule has 0 aromatic carbocycles. The first-order valence-electron chi connectivity index (χ1n) is 3.69. The molecular weight excluding hydrogens is 190 g/mol. The molecule has 0 unspecified atom stereocenters. The average molecular weight is 200 g/mol. The lowest BCUT2D eigenvalue weighted by atomic mass is 10.4. The molecule has 13 heavy (non-hydrogen) atoms. The van der Waals surface area contributed by atoms with Crippen molar-refractivity contribution in [2.45, 2.75) is 0 Å². The SMILES string of the molecule is CN(C)C(=O)Nc1cc(Cl)ccn1. The molecule has 0 aliphatic heterocycles. The quantitative estimate of drug-likeness (QED) is 0.750. The van der Waals surface area contributed by atoms with Gasteiger partial charge in [-0.2, -0.15) is 0 Å². The highest BCUT2D eigenvalue weighted by molar-refractivity contribution is 6.30. The van der Waals surface area contributed by atoms with Gasteiger partial charge in [0.2, 0.25) is 0 Å². The third-order valence-electron chi connectivity index (χ3n) is 1.36. The molecular formula is C8H10ClN3O. The van der Waals surface area contributed by atoms with Crippen LogP contribution >= 0.6 is 11.6 Å². The average Bonchev–Trinajstić information content (AvgIpc) is 2.04. The molecule has 1 rings (SSSR count). The van der Waals surface area contributed by atoms with Crippen molar-refractivity contribution in [3.8, 4) is 0 Å². The predicted octanol–water partition coefficient (Wildman–Crippen LogP) is 1.83. The molecule has 1 aromatic rings. The lowest BCUT2D eigenvalue weighted by Crippen LogP contribution is -2.27. The second-order valence-corrected chi connectivity index (χ2v) is 3.12. The van der Waals surface area contributed by atoms with Crippen LogP contribution in [0.2, 0.25) is 5.02 Å². The van der Waals surface area contributed by atoms with E-state index in [1.165, 1.54) is 11.1 Å². The van der Waals surface area contributed by atoms with E-state index < -0.39 is 0 Å². The van der Waals surface area contributed by atoms with Crippen LogP contribution in [0.4, 0.5) is 10.6 Å². The van der Waals surface area contributed by atoms with Crippen molar-refractivity contribution < 1.29 is 4.79 Å². The van der Waals surface area contributed by atoms with Gasteiger partial charge in [-0.1, -0.05) is 11.6 Å². The molecule has 2 amide bonds. The summed E-state index contributed by atoms with van der Waals surface area (Å²) in [5.74, 6) is 0.450. The third-order valence-corrected chi connectivity index (χ3v) is 1.60. The number of amides is 2. The zero-order valence-electron chi connectivity index (χ0n) is 7.41. The number of hydrogen-bond acceptors (Lipinski definition) is 2.